The molecule has 1 aliphatic rings. The molecule has 1 N–H and O–H groups in total. The largest absolute Gasteiger partial charge is 0.453 e. The molecule has 1 heterocycles. The first-order chi connectivity index (χ1) is 9.26. The van der Waals surface area contributed by atoms with E-state index >= 15 is 0 Å². The number of ether oxygens (including phenoxy) is 3. The molecule has 1 saturated heterocycles. The van der Waals surface area contributed by atoms with Gasteiger partial charge in [0, 0.05) is 0 Å². The van der Waals surface area contributed by atoms with Crippen LogP contribution in [-0.4, -0.2) is 32.3 Å². The van der Waals surface area contributed by atoms with Gasteiger partial charge in [0.15, 0.2) is 0 Å². The van der Waals surface area contributed by atoms with Gasteiger partial charge >= 0.3 is 6.09 Å². The minimum Gasteiger partial charge on any atom is -0.453 e. The first kappa shape index (κ1) is 16.2. The molecular formula is C14H27NO4. The molecule has 0 bridgehead atoms. The molecule has 19 heavy (non-hydrogen) atoms. The van der Waals surface area contributed by atoms with E-state index in [1.807, 2.05) is 0 Å². The van der Waals surface area contributed by atoms with E-state index in [1.165, 1.54) is 45.6 Å². The molecule has 0 radical (unpaired) electrons. The summed E-state index contributed by atoms with van der Waals surface area (Å²) in [5.41, 5.74) is 0. The van der Waals surface area contributed by atoms with Crippen molar-refractivity contribution in [3.05, 3.63) is 0 Å². The summed E-state index contributed by atoms with van der Waals surface area (Å²) in [6.07, 6.45) is 8.95. The molecule has 0 aromatic heterocycles. The summed E-state index contributed by atoms with van der Waals surface area (Å²) in [5.74, 6) is 0. The van der Waals surface area contributed by atoms with Crippen LogP contribution in [0.1, 0.15) is 58.3 Å². The second-order valence-electron chi connectivity index (χ2n) is 4.97. The van der Waals surface area contributed by atoms with Crippen molar-refractivity contribution in [1.82, 2.24) is 5.32 Å². The van der Waals surface area contributed by atoms with Gasteiger partial charge in [-0.15, -0.1) is 0 Å². The average molecular weight is 273 g/mol. The van der Waals surface area contributed by atoms with E-state index in [0.717, 1.165) is 12.8 Å². The zero-order valence-corrected chi connectivity index (χ0v) is 12.2. The summed E-state index contributed by atoms with van der Waals surface area (Å²) in [5, 5.41) is 2.48. The van der Waals surface area contributed by atoms with Crippen LogP contribution < -0.4 is 5.32 Å². The van der Waals surface area contributed by atoms with E-state index in [9.17, 15) is 4.79 Å². The standard InChI is InChI=1S/C14H27NO4/c1-3-4-5-6-7-8-9-10-12-11-18-14(19-12)15-13(16)17-2/h12,14H,3-11H2,1-2H3,(H,15,16)/t12-,14-/m0/s1. The number of carbonyl (C=O) groups excluding carboxylic acids is 1. The molecule has 0 aromatic rings. The molecule has 112 valence electrons. The normalized spacial score (nSPS) is 22.4. The number of rotatable bonds is 9. The number of alkyl carbamates (subject to hydrolysis) is 1. The Bertz CT molecular complexity index is 248. The van der Waals surface area contributed by atoms with Gasteiger partial charge in [0.2, 0.25) is 6.41 Å². The number of hydrogen-bond donors (Lipinski definition) is 1. The van der Waals surface area contributed by atoms with Crippen molar-refractivity contribution in [3.8, 4) is 0 Å². The monoisotopic (exact) mass is 273 g/mol. The van der Waals surface area contributed by atoms with Crippen molar-refractivity contribution in [2.24, 2.45) is 0 Å². The highest BCUT2D eigenvalue weighted by Crippen LogP contribution is 2.17. The van der Waals surface area contributed by atoms with Crippen LogP contribution in [0.3, 0.4) is 0 Å². The maximum absolute atomic E-state index is 11.0. The molecule has 1 rings (SSSR count). The Morgan fingerprint density at radius 1 is 1.21 bits per heavy atom. The Morgan fingerprint density at radius 3 is 2.58 bits per heavy atom. The Kier molecular flexibility index (Phi) is 8.58. The van der Waals surface area contributed by atoms with Gasteiger partial charge in [-0.3, -0.25) is 5.32 Å². The minimum absolute atomic E-state index is 0.0952. The third-order valence-electron chi connectivity index (χ3n) is 3.30. The van der Waals surface area contributed by atoms with Gasteiger partial charge in [-0.25, -0.2) is 4.79 Å². The van der Waals surface area contributed by atoms with Crippen molar-refractivity contribution < 1.29 is 19.0 Å². The van der Waals surface area contributed by atoms with E-state index in [2.05, 4.69) is 17.0 Å². The molecule has 5 heteroatoms. The molecule has 5 nitrogen and oxygen atoms in total. The number of carbonyl (C=O) groups is 1. The predicted molar refractivity (Wildman–Crippen MR) is 72.8 cm³/mol. The highest BCUT2D eigenvalue weighted by atomic mass is 16.7. The summed E-state index contributed by atoms with van der Waals surface area (Å²) in [6, 6.07) is 0. The SMILES string of the molecule is CCCCCCCCC[C@H]1CO[C@H](NC(=O)OC)O1. The van der Waals surface area contributed by atoms with Crippen molar-refractivity contribution in [1.29, 1.82) is 0 Å². The Balaban J connectivity index is 1.95. The van der Waals surface area contributed by atoms with Crippen molar-refractivity contribution in [3.63, 3.8) is 0 Å². The van der Waals surface area contributed by atoms with Crippen LogP contribution >= 0.6 is 0 Å². The quantitative estimate of drug-likeness (QED) is 0.655. The number of methoxy groups -OCH3 is 1. The fraction of sp³-hybridized carbons (Fsp3) is 0.929. The fourth-order valence-electron chi connectivity index (χ4n) is 2.16. The first-order valence-electron chi connectivity index (χ1n) is 7.37. The van der Waals surface area contributed by atoms with E-state index in [1.54, 1.807) is 0 Å². The molecule has 0 saturated carbocycles. The minimum atomic E-state index is -0.651. The molecule has 0 aliphatic carbocycles. The van der Waals surface area contributed by atoms with E-state index in [-0.39, 0.29) is 6.10 Å². The van der Waals surface area contributed by atoms with Crippen LogP contribution in [-0.2, 0) is 14.2 Å². The van der Waals surface area contributed by atoms with Crippen LogP contribution in [0.4, 0.5) is 4.79 Å². The summed E-state index contributed by atoms with van der Waals surface area (Å²) < 4.78 is 15.3. The topological polar surface area (TPSA) is 56.8 Å². The van der Waals surface area contributed by atoms with Crippen LogP contribution in [0.5, 0.6) is 0 Å². The molecule has 0 unspecified atom stereocenters. The third kappa shape index (κ3) is 7.38. The zero-order chi connectivity index (χ0) is 13.9. The summed E-state index contributed by atoms with van der Waals surface area (Å²) in [4.78, 5) is 11.0. The zero-order valence-electron chi connectivity index (χ0n) is 12.2. The number of nitrogens with one attached hydrogen (secondary N) is 1. The summed E-state index contributed by atoms with van der Waals surface area (Å²) in [7, 11) is 1.32. The van der Waals surface area contributed by atoms with Crippen LogP contribution in [0, 0.1) is 0 Å². The number of unbranched alkanes of at least 4 members (excludes halogenated alkanes) is 6. The van der Waals surface area contributed by atoms with Gasteiger partial charge in [-0.05, 0) is 6.42 Å². The average Bonchev–Trinajstić information content (AvgIpc) is 2.85. The van der Waals surface area contributed by atoms with Crippen molar-refractivity contribution in [2.45, 2.75) is 70.8 Å². The van der Waals surface area contributed by atoms with Gasteiger partial charge in [-0.1, -0.05) is 51.9 Å². The number of hydrogen-bond acceptors (Lipinski definition) is 4. The Hall–Kier alpha value is -0.810. The lowest BCUT2D eigenvalue weighted by atomic mass is 10.1. The Morgan fingerprint density at radius 2 is 1.89 bits per heavy atom. The van der Waals surface area contributed by atoms with Crippen molar-refractivity contribution >= 4 is 6.09 Å². The van der Waals surface area contributed by atoms with E-state index in [4.69, 9.17) is 9.47 Å². The number of amides is 1. The smallest absolute Gasteiger partial charge is 0.410 e. The lowest BCUT2D eigenvalue weighted by Crippen LogP contribution is -2.35. The molecule has 0 aromatic carbocycles. The summed E-state index contributed by atoms with van der Waals surface area (Å²) >= 11 is 0. The second kappa shape index (κ2) is 10.0. The second-order valence-corrected chi connectivity index (χ2v) is 4.97. The molecule has 1 aliphatic heterocycles. The maximum Gasteiger partial charge on any atom is 0.410 e. The van der Waals surface area contributed by atoms with E-state index in [0.29, 0.717) is 6.61 Å². The fourth-order valence-corrected chi connectivity index (χ4v) is 2.16. The molecular weight excluding hydrogens is 246 g/mol. The van der Waals surface area contributed by atoms with Gasteiger partial charge in [0.1, 0.15) is 0 Å². The lowest BCUT2D eigenvalue weighted by molar-refractivity contribution is -0.0767. The highest BCUT2D eigenvalue weighted by molar-refractivity contribution is 5.66. The predicted octanol–water partition coefficient (Wildman–Crippen LogP) is 3.18. The molecule has 1 fully saturated rings. The maximum atomic E-state index is 11.0. The lowest BCUT2D eigenvalue weighted by Gasteiger charge is -2.11. The van der Waals surface area contributed by atoms with Crippen LogP contribution in [0.2, 0.25) is 0 Å². The van der Waals surface area contributed by atoms with Gasteiger partial charge in [-0.2, -0.15) is 0 Å². The van der Waals surface area contributed by atoms with E-state index < -0.39 is 12.5 Å². The highest BCUT2D eigenvalue weighted by Gasteiger charge is 2.26. The van der Waals surface area contributed by atoms with Gasteiger partial charge < -0.3 is 14.2 Å². The van der Waals surface area contributed by atoms with Crippen LogP contribution in [0.15, 0.2) is 0 Å². The Labute approximate surface area is 116 Å². The van der Waals surface area contributed by atoms with Gasteiger partial charge in [0.25, 0.3) is 0 Å². The summed E-state index contributed by atoms with van der Waals surface area (Å²) in [6.45, 7) is 2.78. The third-order valence-corrected chi connectivity index (χ3v) is 3.30. The molecule has 1 amide bonds. The van der Waals surface area contributed by atoms with Gasteiger partial charge in [0.05, 0.1) is 19.8 Å². The van der Waals surface area contributed by atoms with Crippen LogP contribution in [0.25, 0.3) is 0 Å². The first-order valence-corrected chi connectivity index (χ1v) is 7.37. The molecule has 2 atom stereocenters. The molecule has 0 spiro atoms. The van der Waals surface area contributed by atoms with Crippen molar-refractivity contribution in [2.75, 3.05) is 13.7 Å².